The van der Waals surface area contributed by atoms with Gasteiger partial charge < -0.3 is 28.8 Å². The lowest BCUT2D eigenvalue weighted by Gasteiger charge is -2.26. The summed E-state index contributed by atoms with van der Waals surface area (Å²) in [7, 11) is 1.56. The minimum Gasteiger partial charge on any atom is -0.507 e. The monoisotopic (exact) mass is 545 g/mol. The molecule has 2 aliphatic heterocycles. The molecule has 5 rings (SSSR count). The lowest BCUT2D eigenvalue weighted by Crippen LogP contribution is -2.31. The minimum absolute atomic E-state index is 0.0407. The number of fused-ring (bicyclic) bond motifs is 1. The smallest absolute Gasteiger partial charge is 0.295 e. The topological polar surface area (TPSA) is 103 Å². The van der Waals surface area contributed by atoms with Crippen molar-refractivity contribution >= 4 is 17.4 Å². The zero-order valence-corrected chi connectivity index (χ0v) is 23.1. The number of aromatic nitrogens is 2. The molecule has 9 heteroatoms. The summed E-state index contributed by atoms with van der Waals surface area (Å²) in [5.74, 6) is 0.301. The van der Waals surface area contributed by atoms with Crippen molar-refractivity contribution in [3.8, 4) is 17.2 Å². The van der Waals surface area contributed by atoms with Crippen molar-refractivity contribution in [2.24, 2.45) is 0 Å². The maximum atomic E-state index is 13.5. The summed E-state index contributed by atoms with van der Waals surface area (Å²) in [6.07, 6.45) is 8.53. The first-order chi connectivity index (χ1) is 19.4. The number of aliphatic hydroxyl groups excluding tert-OH is 1. The Hall–Kier alpha value is -4.27. The Labute approximate surface area is 234 Å². The van der Waals surface area contributed by atoms with Crippen LogP contribution in [-0.2, 0) is 22.6 Å². The fraction of sp³-hybridized carbons (Fsp3) is 0.387. The molecule has 2 aromatic carbocycles. The van der Waals surface area contributed by atoms with E-state index in [1.165, 1.54) is 4.90 Å². The average Bonchev–Trinajstić information content (AvgIpc) is 3.67. The first-order valence-corrected chi connectivity index (χ1v) is 13.8. The molecule has 1 amide bonds. The number of carbonyl (C=O) groups excluding carboxylic acids is 2. The highest BCUT2D eigenvalue weighted by molar-refractivity contribution is 6.46. The SMILES string of the molecule is CCCCOc1ccc([C@H]2/C(=C(\O)c3ccc4c(c3)C[C@H](C)O4)C(=O)C(=O)N2CCCn2ccnc2)cc1OC. The molecule has 2 atom stereocenters. The number of aryl methyl sites for hydroxylation is 1. The number of likely N-dealkylation sites (tertiary alicyclic amines) is 1. The van der Waals surface area contributed by atoms with Gasteiger partial charge in [-0.2, -0.15) is 0 Å². The highest BCUT2D eigenvalue weighted by Gasteiger charge is 2.46. The van der Waals surface area contributed by atoms with E-state index in [0.29, 0.717) is 55.2 Å². The number of nitrogens with zero attached hydrogens (tertiary/aromatic N) is 3. The second-order valence-corrected chi connectivity index (χ2v) is 10.2. The first-order valence-electron chi connectivity index (χ1n) is 13.8. The number of carbonyl (C=O) groups is 2. The number of amides is 1. The van der Waals surface area contributed by atoms with Gasteiger partial charge >= 0.3 is 0 Å². The van der Waals surface area contributed by atoms with E-state index in [2.05, 4.69) is 11.9 Å². The Bertz CT molecular complexity index is 1410. The molecule has 2 aliphatic rings. The van der Waals surface area contributed by atoms with Gasteiger partial charge in [0, 0.05) is 37.5 Å². The van der Waals surface area contributed by atoms with Crippen LogP contribution in [0.3, 0.4) is 0 Å². The van der Waals surface area contributed by atoms with Gasteiger partial charge in [-0.05, 0) is 61.2 Å². The quantitative estimate of drug-likeness (QED) is 0.158. The number of unbranched alkanes of at least 4 members (excludes halogenated alkanes) is 1. The molecule has 3 aromatic rings. The van der Waals surface area contributed by atoms with Crippen LogP contribution in [0.1, 0.15) is 55.8 Å². The fourth-order valence-corrected chi connectivity index (χ4v) is 5.32. The van der Waals surface area contributed by atoms with Crippen LogP contribution in [0.5, 0.6) is 17.2 Å². The summed E-state index contributed by atoms with van der Waals surface area (Å²) in [5.41, 5.74) is 2.14. The average molecular weight is 546 g/mol. The number of Topliss-reactive ketones (excluding diaryl/α,β-unsaturated/α-hetero) is 1. The molecule has 0 spiro atoms. The van der Waals surface area contributed by atoms with Crippen molar-refractivity contribution in [3.63, 3.8) is 0 Å². The van der Waals surface area contributed by atoms with Gasteiger partial charge in [0.15, 0.2) is 11.5 Å². The Balaban J connectivity index is 1.53. The van der Waals surface area contributed by atoms with Crippen LogP contribution in [0.25, 0.3) is 5.76 Å². The summed E-state index contributed by atoms with van der Waals surface area (Å²) < 4.78 is 19.2. The zero-order valence-electron chi connectivity index (χ0n) is 23.1. The van der Waals surface area contributed by atoms with Crippen LogP contribution in [0.4, 0.5) is 0 Å². The number of benzene rings is 2. The maximum absolute atomic E-state index is 13.5. The largest absolute Gasteiger partial charge is 0.507 e. The van der Waals surface area contributed by atoms with Crippen molar-refractivity contribution in [2.75, 3.05) is 20.3 Å². The van der Waals surface area contributed by atoms with Gasteiger partial charge in [-0.1, -0.05) is 19.4 Å². The molecule has 1 fully saturated rings. The fourth-order valence-electron chi connectivity index (χ4n) is 5.32. The molecule has 0 radical (unpaired) electrons. The van der Waals surface area contributed by atoms with Crippen molar-refractivity contribution in [1.82, 2.24) is 14.5 Å². The van der Waals surface area contributed by atoms with Crippen LogP contribution in [-0.4, -0.2) is 57.6 Å². The Morgan fingerprint density at radius 2 is 1.98 bits per heavy atom. The van der Waals surface area contributed by atoms with Gasteiger partial charge in [0.2, 0.25) is 0 Å². The van der Waals surface area contributed by atoms with Gasteiger partial charge in [0.25, 0.3) is 11.7 Å². The maximum Gasteiger partial charge on any atom is 0.295 e. The van der Waals surface area contributed by atoms with Crippen LogP contribution < -0.4 is 14.2 Å². The van der Waals surface area contributed by atoms with Crippen LogP contribution in [0, 0.1) is 0 Å². The number of methoxy groups -OCH3 is 1. The number of hydrogen-bond acceptors (Lipinski definition) is 7. The number of rotatable bonds is 11. The second-order valence-electron chi connectivity index (χ2n) is 10.2. The van der Waals surface area contributed by atoms with Crippen molar-refractivity contribution in [1.29, 1.82) is 0 Å². The van der Waals surface area contributed by atoms with E-state index in [1.54, 1.807) is 43.9 Å². The standard InChI is InChI=1S/C31H35N3O6/c1-4-5-15-39-25-10-7-21(18-26(25)38-3)28-27(29(35)22-8-9-24-23(17-22)16-20(2)40-24)30(36)31(37)34(28)13-6-12-33-14-11-32-19-33/h7-11,14,17-20,28,35H,4-6,12-13,15-16H2,1-3H3/b29-27+/t20-,28-/m0/s1. The van der Waals surface area contributed by atoms with Gasteiger partial charge in [-0.3, -0.25) is 9.59 Å². The number of hydrogen-bond donors (Lipinski definition) is 1. The highest BCUT2D eigenvalue weighted by atomic mass is 16.5. The van der Waals surface area contributed by atoms with E-state index in [-0.39, 0.29) is 17.4 Å². The molecular formula is C31H35N3O6. The van der Waals surface area contributed by atoms with E-state index in [1.807, 2.05) is 29.8 Å². The summed E-state index contributed by atoms with van der Waals surface area (Å²) in [6.45, 7) is 5.58. The van der Waals surface area contributed by atoms with Crippen molar-refractivity contribution in [3.05, 3.63) is 77.4 Å². The molecule has 9 nitrogen and oxygen atoms in total. The van der Waals surface area contributed by atoms with Crippen LogP contribution in [0.2, 0.25) is 0 Å². The first kappa shape index (κ1) is 27.3. The third-order valence-corrected chi connectivity index (χ3v) is 7.34. The molecule has 0 unspecified atom stereocenters. The zero-order chi connectivity index (χ0) is 28.2. The molecule has 0 aliphatic carbocycles. The number of ether oxygens (including phenoxy) is 3. The van der Waals surface area contributed by atoms with Crippen molar-refractivity contribution < 1.29 is 28.9 Å². The summed E-state index contributed by atoms with van der Waals surface area (Å²) in [4.78, 5) is 32.5. The highest BCUT2D eigenvalue weighted by Crippen LogP contribution is 2.43. The molecule has 210 valence electrons. The lowest BCUT2D eigenvalue weighted by molar-refractivity contribution is -0.139. The summed E-state index contributed by atoms with van der Waals surface area (Å²) in [5, 5.41) is 11.5. The van der Waals surface area contributed by atoms with E-state index in [9.17, 15) is 14.7 Å². The van der Waals surface area contributed by atoms with E-state index >= 15 is 0 Å². The van der Waals surface area contributed by atoms with Crippen LogP contribution >= 0.6 is 0 Å². The van der Waals surface area contributed by atoms with E-state index in [4.69, 9.17) is 14.2 Å². The molecule has 40 heavy (non-hydrogen) atoms. The Kier molecular flexibility index (Phi) is 8.09. The third-order valence-electron chi connectivity index (χ3n) is 7.34. The number of ketones is 1. The molecule has 1 aromatic heterocycles. The molecular weight excluding hydrogens is 510 g/mol. The van der Waals surface area contributed by atoms with Crippen LogP contribution in [0.15, 0.2) is 60.7 Å². The summed E-state index contributed by atoms with van der Waals surface area (Å²) in [6, 6.07) is 9.98. The van der Waals surface area contributed by atoms with E-state index < -0.39 is 17.7 Å². The van der Waals surface area contributed by atoms with Gasteiger partial charge in [-0.15, -0.1) is 0 Å². The second kappa shape index (κ2) is 11.9. The minimum atomic E-state index is -0.787. The van der Waals surface area contributed by atoms with E-state index in [0.717, 1.165) is 24.2 Å². The molecule has 1 saturated heterocycles. The molecule has 1 N–H and O–H groups in total. The molecule has 3 heterocycles. The van der Waals surface area contributed by atoms with Gasteiger partial charge in [0.05, 0.1) is 31.7 Å². The third kappa shape index (κ3) is 5.41. The molecule has 0 bridgehead atoms. The number of imidazole rings is 1. The normalized spacial score (nSPS) is 19.5. The van der Waals surface area contributed by atoms with Gasteiger partial charge in [-0.25, -0.2) is 4.98 Å². The lowest BCUT2D eigenvalue weighted by atomic mass is 9.94. The van der Waals surface area contributed by atoms with Gasteiger partial charge in [0.1, 0.15) is 17.6 Å². The Morgan fingerprint density at radius 1 is 1.12 bits per heavy atom. The number of aliphatic hydroxyl groups is 1. The predicted molar refractivity (Wildman–Crippen MR) is 149 cm³/mol. The summed E-state index contributed by atoms with van der Waals surface area (Å²) >= 11 is 0. The molecule has 0 saturated carbocycles. The Morgan fingerprint density at radius 3 is 2.73 bits per heavy atom. The van der Waals surface area contributed by atoms with Crippen molar-refractivity contribution in [2.45, 2.75) is 58.2 Å². The predicted octanol–water partition coefficient (Wildman–Crippen LogP) is 4.91.